The molecule has 31 heavy (non-hydrogen) atoms. The van der Waals surface area contributed by atoms with Crippen molar-refractivity contribution in [2.24, 2.45) is 0 Å². The first kappa shape index (κ1) is 22.4. The average Bonchev–Trinajstić information content (AvgIpc) is 2.69. The number of benzene rings is 2. The molecular formula is C23H23ClN2O5. The maximum Gasteiger partial charge on any atom is 0.322 e. The van der Waals surface area contributed by atoms with Crippen LogP contribution < -0.4 is 10.9 Å². The Morgan fingerprint density at radius 3 is 2.32 bits per heavy atom. The topological polar surface area (TPSA) is 109 Å². The zero-order valence-corrected chi connectivity index (χ0v) is 18.2. The molecule has 1 aromatic heterocycles. The summed E-state index contributed by atoms with van der Waals surface area (Å²) in [5.74, 6) is -2.77. The lowest BCUT2D eigenvalue weighted by molar-refractivity contribution is -0.135. The summed E-state index contributed by atoms with van der Waals surface area (Å²) in [5.41, 5.74) is 1.10. The van der Waals surface area contributed by atoms with Crippen LogP contribution in [0.15, 0.2) is 47.3 Å². The van der Waals surface area contributed by atoms with Crippen molar-refractivity contribution in [2.75, 3.05) is 6.54 Å². The van der Waals surface area contributed by atoms with Crippen LogP contribution in [0.25, 0.3) is 10.9 Å². The summed E-state index contributed by atoms with van der Waals surface area (Å²) in [6, 6.07) is 12.4. The first-order chi connectivity index (χ1) is 14.5. The molecule has 162 valence electrons. The molecule has 0 spiro atoms. The van der Waals surface area contributed by atoms with Crippen molar-refractivity contribution in [1.82, 2.24) is 9.88 Å². The number of rotatable bonds is 5. The molecule has 0 fully saturated rings. The van der Waals surface area contributed by atoms with Crippen LogP contribution in [-0.2, 0) is 16.8 Å². The molecule has 0 aliphatic rings. The lowest BCUT2D eigenvalue weighted by Crippen LogP contribution is -2.36. The number of nitrogens with one attached hydrogen (secondary N) is 1. The second-order valence-electron chi connectivity index (χ2n) is 8.30. The van der Waals surface area contributed by atoms with Gasteiger partial charge < -0.3 is 20.1 Å². The Morgan fingerprint density at radius 1 is 1.10 bits per heavy atom. The second-order valence-corrected chi connectivity index (χ2v) is 8.74. The highest BCUT2D eigenvalue weighted by Gasteiger charge is 2.23. The number of carboxylic acid groups (broad SMARTS) is 1. The molecule has 8 heteroatoms. The van der Waals surface area contributed by atoms with E-state index in [1.54, 1.807) is 12.1 Å². The van der Waals surface area contributed by atoms with Crippen molar-refractivity contribution in [3.05, 3.63) is 74.5 Å². The Bertz CT molecular complexity index is 1220. The van der Waals surface area contributed by atoms with E-state index in [-0.39, 0.29) is 17.3 Å². The summed E-state index contributed by atoms with van der Waals surface area (Å²) in [6.07, 6.45) is 0. The molecule has 0 aliphatic carbocycles. The number of fused-ring (bicyclic) bond motifs is 1. The number of nitrogens with zero attached hydrogens (tertiary/aromatic N) is 1. The molecule has 0 atom stereocenters. The van der Waals surface area contributed by atoms with Crippen molar-refractivity contribution in [1.29, 1.82) is 0 Å². The first-order valence-electron chi connectivity index (χ1n) is 9.63. The number of carbonyl (C=O) groups excluding carboxylic acids is 1. The number of carboxylic acids is 1. The normalized spacial score (nSPS) is 11.5. The van der Waals surface area contributed by atoms with Crippen LogP contribution in [0.5, 0.6) is 5.75 Å². The predicted octanol–water partition coefficient (Wildman–Crippen LogP) is 3.52. The van der Waals surface area contributed by atoms with Gasteiger partial charge in [-0.05, 0) is 34.7 Å². The van der Waals surface area contributed by atoms with Crippen LogP contribution in [-0.4, -0.2) is 33.2 Å². The van der Waals surface area contributed by atoms with Crippen molar-refractivity contribution in [3.63, 3.8) is 0 Å². The lowest BCUT2D eigenvalue weighted by Gasteiger charge is -2.20. The molecular weight excluding hydrogens is 420 g/mol. The average molecular weight is 443 g/mol. The van der Waals surface area contributed by atoms with E-state index in [9.17, 15) is 19.5 Å². The zero-order chi connectivity index (χ0) is 22.9. The van der Waals surface area contributed by atoms with Gasteiger partial charge in [0.15, 0.2) is 0 Å². The summed E-state index contributed by atoms with van der Waals surface area (Å²) >= 11 is 6.06. The number of carbonyl (C=O) groups is 2. The molecule has 1 amide bonds. The van der Waals surface area contributed by atoms with Gasteiger partial charge in [0.25, 0.3) is 11.5 Å². The highest BCUT2D eigenvalue weighted by molar-refractivity contribution is 6.31. The van der Waals surface area contributed by atoms with Gasteiger partial charge in [-0.15, -0.1) is 0 Å². The Morgan fingerprint density at radius 2 is 1.74 bits per heavy atom. The van der Waals surface area contributed by atoms with E-state index < -0.39 is 35.3 Å². The fraction of sp³-hybridized carbons (Fsp3) is 0.261. The van der Waals surface area contributed by atoms with Crippen molar-refractivity contribution < 1.29 is 19.8 Å². The number of aromatic hydroxyl groups is 1. The lowest BCUT2D eigenvalue weighted by atomic mass is 9.87. The molecule has 0 unspecified atom stereocenters. The van der Waals surface area contributed by atoms with E-state index in [0.29, 0.717) is 10.5 Å². The van der Waals surface area contributed by atoms with Crippen LogP contribution in [0, 0.1) is 0 Å². The predicted molar refractivity (Wildman–Crippen MR) is 119 cm³/mol. The van der Waals surface area contributed by atoms with Crippen molar-refractivity contribution in [2.45, 2.75) is 32.7 Å². The second kappa shape index (κ2) is 8.43. The van der Waals surface area contributed by atoms with Crippen molar-refractivity contribution >= 4 is 34.4 Å². The molecule has 3 N–H and O–H groups in total. The van der Waals surface area contributed by atoms with E-state index in [4.69, 9.17) is 16.7 Å². The van der Waals surface area contributed by atoms with E-state index in [1.165, 1.54) is 10.6 Å². The number of pyridine rings is 1. The fourth-order valence-corrected chi connectivity index (χ4v) is 3.48. The van der Waals surface area contributed by atoms with E-state index in [1.807, 2.05) is 24.3 Å². The summed E-state index contributed by atoms with van der Waals surface area (Å²) in [4.78, 5) is 36.5. The summed E-state index contributed by atoms with van der Waals surface area (Å²) in [5, 5.41) is 22.1. The molecule has 7 nitrogen and oxygen atoms in total. The molecule has 3 aromatic rings. The highest BCUT2D eigenvalue weighted by Crippen LogP contribution is 2.29. The molecule has 0 saturated heterocycles. The Balaban J connectivity index is 2.14. The largest absolute Gasteiger partial charge is 0.506 e. The molecule has 0 radical (unpaired) electrons. The van der Waals surface area contributed by atoms with Gasteiger partial charge in [0.05, 0.1) is 12.1 Å². The maximum absolute atomic E-state index is 13.2. The van der Waals surface area contributed by atoms with Gasteiger partial charge in [0.1, 0.15) is 17.9 Å². The number of aromatic nitrogens is 1. The summed E-state index contributed by atoms with van der Waals surface area (Å²) in [6.45, 7) is 5.78. The summed E-state index contributed by atoms with van der Waals surface area (Å²) < 4.78 is 1.37. The number of hydrogen-bond donors (Lipinski definition) is 3. The third kappa shape index (κ3) is 4.72. The quantitative estimate of drug-likeness (QED) is 0.560. The van der Waals surface area contributed by atoms with E-state index in [2.05, 4.69) is 26.1 Å². The van der Waals surface area contributed by atoms with Gasteiger partial charge >= 0.3 is 5.97 Å². The molecule has 3 rings (SSSR count). The molecule has 2 aromatic carbocycles. The number of hydrogen-bond acceptors (Lipinski definition) is 4. The van der Waals surface area contributed by atoms with Crippen LogP contribution in [0.2, 0.25) is 5.02 Å². The molecule has 0 saturated carbocycles. The minimum absolute atomic E-state index is 0.0211. The smallest absolute Gasteiger partial charge is 0.322 e. The minimum Gasteiger partial charge on any atom is -0.506 e. The third-order valence-electron chi connectivity index (χ3n) is 4.99. The van der Waals surface area contributed by atoms with Gasteiger partial charge in [0, 0.05) is 10.4 Å². The van der Waals surface area contributed by atoms with Gasteiger partial charge in [-0.2, -0.15) is 0 Å². The van der Waals surface area contributed by atoms with Gasteiger partial charge in [-0.25, -0.2) is 0 Å². The highest BCUT2D eigenvalue weighted by atomic mass is 35.5. The Hall–Kier alpha value is -3.32. The fourth-order valence-electron chi connectivity index (χ4n) is 3.31. The Kier molecular flexibility index (Phi) is 6.08. The van der Waals surface area contributed by atoms with Crippen molar-refractivity contribution in [3.8, 4) is 5.75 Å². The van der Waals surface area contributed by atoms with Crippen LogP contribution >= 0.6 is 11.6 Å². The van der Waals surface area contributed by atoms with E-state index >= 15 is 0 Å². The SMILES string of the molecule is CC(C)(C)c1ccc(Cn2c(=O)c(C(=O)NCC(=O)O)c(O)c3cc(Cl)ccc32)cc1. The molecule has 0 aliphatic heterocycles. The van der Waals surface area contributed by atoms with Crippen LogP contribution in [0.1, 0.15) is 42.3 Å². The number of amides is 1. The third-order valence-corrected chi connectivity index (χ3v) is 5.22. The van der Waals surface area contributed by atoms with E-state index in [0.717, 1.165) is 11.1 Å². The molecule has 0 bridgehead atoms. The van der Waals surface area contributed by atoms with Crippen LogP contribution in [0.3, 0.4) is 0 Å². The van der Waals surface area contributed by atoms with Gasteiger partial charge in [-0.3, -0.25) is 14.4 Å². The number of aliphatic carboxylic acids is 1. The van der Waals surface area contributed by atoms with Crippen LogP contribution in [0.4, 0.5) is 0 Å². The monoisotopic (exact) mass is 442 g/mol. The zero-order valence-electron chi connectivity index (χ0n) is 17.4. The standard InChI is InChI=1S/C23H23ClN2O5/c1-23(2,3)14-6-4-13(5-7-14)12-26-17-9-8-15(24)10-16(17)20(29)19(22(26)31)21(30)25-11-18(27)28/h4-10,29H,11-12H2,1-3H3,(H,25,30)(H,27,28). The van der Waals surface area contributed by atoms with Gasteiger partial charge in [0.2, 0.25) is 0 Å². The first-order valence-corrected chi connectivity index (χ1v) is 10.0. The maximum atomic E-state index is 13.2. The van der Waals surface area contributed by atoms with Gasteiger partial charge in [-0.1, -0.05) is 56.6 Å². The summed E-state index contributed by atoms with van der Waals surface area (Å²) in [7, 11) is 0. The Labute approximate surface area is 183 Å². The molecule has 1 heterocycles. The minimum atomic E-state index is -1.27. The number of halogens is 1.